The lowest BCUT2D eigenvalue weighted by atomic mass is 10.1. The summed E-state index contributed by atoms with van der Waals surface area (Å²) in [5, 5.41) is 3.51. The molecule has 0 radical (unpaired) electrons. The lowest BCUT2D eigenvalue weighted by Gasteiger charge is -2.26. The Labute approximate surface area is 149 Å². The molecule has 2 aromatic rings. The normalized spacial score (nSPS) is 14.9. The van der Waals surface area contributed by atoms with Gasteiger partial charge in [0.25, 0.3) is 5.91 Å². The summed E-state index contributed by atoms with van der Waals surface area (Å²) in [6.07, 6.45) is -1.34. The molecule has 1 saturated heterocycles. The van der Waals surface area contributed by atoms with Crippen molar-refractivity contribution in [2.75, 3.05) is 13.1 Å². The average molecular weight is 373 g/mol. The van der Waals surface area contributed by atoms with Crippen molar-refractivity contribution >= 4 is 17.2 Å². The number of alkyl halides is 3. The van der Waals surface area contributed by atoms with E-state index in [4.69, 9.17) is 0 Å². The van der Waals surface area contributed by atoms with E-state index in [-0.39, 0.29) is 5.91 Å². The van der Waals surface area contributed by atoms with E-state index in [1.165, 1.54) is 23.1 Å². The molecule has 0 N–H and O–H groups in total. The van der Waals surface area contributed by atoms with Gasteiger partial charge in [0.15, 0.2) is 5.69 Å². The summed E-state index contributed by atoms with van der Waals surface area (Å²) >= 11 is 1.21. The van der Waals surface area contributed by atoms with Crippen LogP contribution >= 0.6 is 11.3 Å². The second-order valence-electron chi connectivity index (χ2n) is 5.55. The predicted octanol–water partition coefficient (Wildman–Crippen LogP) is 4.82. The van der Waals surface area contributed by atoms with Crippen molar-refractivity contribution in [1.82, 2.24) is 14.7 Å². The fourth-order valence-electron chi connectivity index (χ4n) is 2.68. The molecule has 1 amide bonds. The molecule has 4 nitrogen and oxygen atoms in total. The van der Waals surface area contributed by atoms with Crippen molar-refractivity contribution in [1.29, 1.82) is 0 Å². The molecule has 0 saturated carbocycles. The number of hydrogen-bond acceptors (Lipinski definition) is 3. The summed E-state index contributed by atoms with van der Waals surface area (Å²) in [5.74, 6) is -0.0424. The third-order valence-corrected chi connectivity index (χ3v) is 4.98. The Bertz CT molecular complexity index is 715. The molecule has 3 heterocycles. The van der Waals surface area contributed by atoms with Crippen molar-refractivity contribution in [3.63, 3.8) is 0 Å². The van der Waals surface area contributed by atoms with E-state index >= 15 is 0 Å². The SMILES string of the molecule is CC.Cn1nc(C(F)(F)F)cc1-c1ccc(C(=O)N2CCCCC2)s1. The predicted molar refractivity (Wildman–Crippen MR) is 92.6 cm³/mol. The highest BCUT2D eigenvalue weighted by Gasteiger charge is 2.35. The zero-order valence-corrected chi connectivity index (χ0v) is 15.4. The van der Waals surface area contributed by atoms with E-state index in [0.717, 1.165) is 38.4 Å². The molecule has 1 aliphatic rings. The first-order valence-electron chi connectivity index (χ1n) is 8.37. The van der Waals surface area contributed by atoms with Gasteiger partial charge in [0.05, 0.1) is 15.4 Å². The van der Waals surface area contributed by atoms with Crippen molar-refractivity contribution in [3.8, 4) is 10.6 Å². The second kappa shape index (κ2) is 8.03. The molecule has 1 aliphatic heterocycles. The van der Waals surface area contributed by atoms with Gasteiger partial charge in [-0.25, -0.2) is 0 Å². The van der Waals surface area contributed by atoms with Crippen LogP contribution in [0, 0.1) is 0 Å². The maximum absolute atomic E-state index is 12.7. The van der Waals surface area contributed by atoms with E-state index in [1.54, 1.807) is 12.1 Å². The maximum atomic E-state index is 12.7. The Morgan fingerprint density at radius 1 is 1.16 bits per heavy atom. The first kappa shape index (κ1) is 19.5. The number of amides is 1. The molecule has 25 heavy (non-hydrogen) atoms. The van der Waals surface area contributed by atoms with Crippen molar-refractivity contribution in [2.45, 2.75) is 39.3 Å². The molecule has 1 fully saturated rings. The Balaban J connectivity index is 0.00000109. The van der Waals surface area contributed by atoms with E-state index in [1.807, 2.05) is 18.7 Å². The second-order valence-corrected chi connectivity index (χ2v) is 6.64. The summed E-state index contributed by atoms with van der Waals surface area (Å²) in [6.45, 7) is 5.49. The number of rotatable bonds is 2. The first-order chi connectivity index (χ1) is 11.9. The van der Waals surface area contributed by atoms with E-state index < -0.39 is 11.9 Å². The van der Waals surface area contributed by atoms with Crippen LogP contribution in [0.25, 0.3) is 10.6 Å². The highest BCUT2D eigenvalue weighted by molar-refractivity contribution is 7.17. The fourth-order valence-corrected chi connectivity index (χ4v) is 3.70. The van der Waals surface area contributed by atoms with Crippen molar-refractivity contribution in [2.24, 2.45) is 7.05 Å². The Morgan fingerprint density at radius 3 is 2.36 bits per heavy atom. The number of nitrogens with zero attached hydrogens (tertiary/aromatic N) is 3. The topological polar surface area (TPSA) is 38.1 Å². The molecule has 0 aliphatic carbocycles. The standard InChI is InChI=1S/C15H16F3N3OS.C2H6/c1-20-10(9-13(19-20)15(16,17)18)11-5-6-12(23-11)14(22)21-7-3-2-4-8-21;1-2/h5-6,9H,2-4,7-8H2,1H3;1-2H3. The van der Waals surface area contributed by atoms with Crippen LogP contribution in [0.1, 0.15) is 48.5 Å². The number of aromatic nitrogens is 2. The Morgan fingerprint density at radius 2 is 1.80 bits per heavy atom. The zero-order chi connectivity index (χ0) is 18.6. The van der Waals surface area contributed by atoms with Gasteiger partial charge >= 0.3 is 6.18 Å². The van der Waals surface area contributed by atoms with Crippen molar-refractivity contribution in [3.05, 3.63) is 28.8 Å². The Hall–Kier alpha value is -1.83. The molecule has 0 bridgehead atoms. The highest BCUT2D eigenvalue weighted by atomic mass is 32.1. The lowest BCUT2D eigenvalue weighted by Crippen LogP contribution is -2.35. The highest BCUT2D eigenvalue weighted by Crippen LogP contribution is 2.34. The monoisotopic (exact) mass is 373 g/mol. The molecule has 0 spiro atoms. The molecule has 0 atom stereocenters. The maximum Gasteiger partial charge on any atom is 0.435 e. The number of piperidine rings is 1. The summed E-state index contributed by atoms with van der Waals surface area (Å²) in [4.78, 5) is 15.4. The minimum absolute atomic E-state index is 0.0424. The molecular weight excluding hydrogens is 351 g/mol. The number of carbonyl (C=O) groups excluding carboxylic acids is 1. The van der Waals surface area contributed by atoms with Crippen LogP contribution in [0.5, 0.6) is 0 Å². The smallest absolute Gasteiger partial charge is 0.338 e. The van der Waals surface area contributed by atoms with Gasteiger partial charge in [0, 0.05) is 20.1 Å². The van der Waals surface area contributed by atoms with Crippen LogP contribution in [0.3, 0.4) is 0 Å². The number of thiophene rings is 1. The van der Waals surface area contributed by atoms with Gasteiger partial charge in [-0.3, -0.25) is 9.48 Å². The van der Waals surface area contributed by atoms with Gasteiger partial charge in [-0.1, -0.05) is 13.8 Å². The van der Waals surface area contributed by atoms with Crippen LogP contribution < -0.4 is 0 Å². The van der Waals surface area contributed by atoms with Gasteiger partial charge in [-0.05, 0) is 37.5 Å². The van der Waals surface area contributed by atoms with Crippen molar-refractivity contribution < 1.29 is 18.0 Å². The fraction of sp³-hybridized carbons (Fsp3) is 0.529. The quantitative estimate of drug-likeness (QED) is 0.757. The molecule has 0 aromatic carbocycles. The largest absolute Gasteiger partial charge is 0.435 e. The van der Waals surface area contributed by atoms with Crippen LogP contribution in [0.4, 0.5) is 13.2 Å². The molecule has 8 heteroatoms. The van der Waals surface area contributed by atoms with Gasteiger partial charge in [0.2, 0.25) is 0 Å². The van der Waals surface area contributed by atoms with Gasteiger partial charge in [0.1, 0.15) is 0 Å². The van der Waals surface area contributed by atoms with E-state index in [2.05, 4.69) is 5.10 Å². The van der Waals surface area contributed by atoms with E-state index in [9.17, 15) is 18.0 Å². The minimum atomic E-state index is -4.47. The van der Waals surface area contributed by atoms with Gasteiger partial charge < -0.3 is 4.90 Å². The van der Waals surface area contributed by atoms with Gasteiger partial charge in [-0.2, -0.15) is 18.3 Å². The zero-order valence-electron chi connectivity index (χ0n) is 14.6. The number of carbonyl (C=O) groups is 1. The number of likely N-dealkylation sites (tertiary alicyclic amines) is 1. The molecule has 138 valence electrons. The summed E-state index contributed by atoms with van der Waals surface area (Å²) < 4.78 is 39.4. The first-order valence-corrected chi connectivity index (χ1v) is 9.18. The Kier molecular flexibility index (Phi) is 6.26. The molecule has 0 unspecified atom stereocenters. The van der Waals surface area contributed by atoms with Crippen LogP contribution in [-0.2, 0) is 13.2 Å². The lowest BCUT2D eigenvalue weighted by molar-refractivity contribution is -0.141. The number of hydrogen-bond donors (Lipinski definition) is 0. The summed E-state index contributed by atoms with van der Waals surface area (Å²) in [5.41, 5.74) is -0.563. The number of aryl methyl sites for hydroxylation is 1. The minimum Gasteiger partial charge on any atom is -0.338 e. The molecular formula is C17H22F3N3OS. The van der Waals surface area contributed by atoms with Gasteiger partial charge in [-0.15, -0.1) is 11.3 Å². The third-order valence-electron chi connectivity index (χ3n) is 3.88. The van der Waals surface area contributed by atoms with Crippen LogP contribution in [-0.4, -0.2) is 33.7 Å². The average Bonchev–Trinajstić information content (AvgIpc) is 3.23. The molecule has 2 aromatic heterocycles. The summed E-state index contributed by atoms with van der Waals surface area (Å²) in [7, 11) is 1.47. The van der Waals surface area contributed by atoms with E-state index in [0.29, 0.717) is 15.4 Å². The summed E-state index contributed by atoms with van der Waals surface area (Å²) in [6, 6.07) is 4.37. The van der Waals surface area contributed by atoms with Crippen LogP contribution in [0.2, 0.25) is 0 Å². The molecule has 3 rings (SSSR count). The third kappa shape index (κ3) is 4.42. The van der Waals surface area contributed by atoms with Crippen LogP contribution in [0.15, 0.2) is 18.2 Å². The number of halogens is 3.